The number of phenols is 1. The molecule has 1 aromatic carbocycles. The number of benzene rings is 1. The van der Waals surface area contributed by atoms with Crippen molar-refractivity contribution in [1.29, 1.82) is 0 Å². The first-order valence-corrected chi connectivity index (χ1v) is 8.97. The summed E-state index contributed by atoms with van der Waals surface area (Å²) >= 11 is 1.93. The molecule has 3 rings (SSSR count). The van der Waals surface area contributed by atoms with Crippen molar-refractivity contribution >= 4 is 46.5 Å². The van der Waals surface area contributed by atoms with E-state index in [4.69, 9.17) is 4.74 Å². The van der Waals surface area contributed by atoms with E-state index in [2.05, 4.69) is 5.32 Å². The summed E-state index contributed by atoms with van der Waals surface area (Å²) in [5, 5.41) is 12.1. The van der Waals surface area contributed by atoms with Crippen LogP contribution in [0.15, 0.2) is 17.7 Å². The molecule has 0 bridgehead atoms. The van der Waals surface area contributed by atoms with Crippen molar-refractivity contribution in [3.63, 3.8) is 0 Å². The number of barbiturate groups is 1. The van der Waals surface area contributed by atoms with Crippen LogP contribution in [0, 0.1) is 3.57 Å². The zero-order valence-corrected chi connectivity index (χ0v) is 15.7. The van der Waals surface area contributed by atoms with E-state index < -0.39 is 17.8 Å². The molecule has 4 amide bonds. The minimum atomic E-state index is -0.716. The number of hydrogen-bond acceptors (Lipinski definition) is 5. The van der Waals surface area contributed by atoms with Crippen molar-refractivity contribution in [2.24, 2.45) is 0 Å². The first-order valence-electron chi connectivity index (χ1n) is 7.89. The molecule has 25 heavy (non-hydrogen) atoms. The van der Waals surface area contributed by atoms with Crippen LogP contribution in [0.5, 0.6) is 11.5 Å². The summed E-state index contributed by atoms with van der Waals surface area (Å²) in [5.41, 5.74) is 0.424. The Kier molecular flexibility index (Phi) is 4.98. The van der Waals surface area contributed by atoms with Gasteiger partial charge in [0.05, 0.1) is 10.7 Å². The molecule has 2 N–H and O–H groups in total. The van der Waals surface area contributed by atoms with Gasteiger partial charge in [-0.25, -0.2) is 4.79 Å². The highest BCUT2D eigenvalue weighted by molar-refractivity contribution is 14.1. The minimum absolute atomic E-state index is 0.00701. The summed E-state index contributed by atoms with van der Waals surface area (Å²) in [6.07, 6.45) is 4.84. The van der Waals surface area contributed by atoms with Crippen LogP contribution in [0.2, 0.25) is 0 Å². The molecule has 7 nitrogen and oxygen atoms in total. The first kappa shape index (κ1) is 17.7. The van der Waals surface area contributed by atoms with Crippen molar-refractivity contribution in [2.45, 2.75) is 31.7 Å². The molecule has 0 spiro atoms. The van der Waals surface area contributed by atoms with Gasteiger partial charge >= 0.3 is 6.03 Å². The third kappa shape index (κ3) is 3.35. The zero-order valence-electron chi connectivity index (χ0n) is 13.5. The van der Waals surface area contributed by atoms with E-state index in [1.54, 1.807) is 6.07 Å². The average molecular weight is 456 g/mol. The normalized spacial score (nSPS) is 20.3. The highest BCUT2D eigenvalue weighted by Crippen LogP contribution is 2.33. The highest BCUT2D eigenvalue weighted by atomic mass is 127. The standard InChI is InChI=1S/C17H17IN2O5/c1-25-13-8-9(7-12(18)14(13)21)6-11-15(22)19-17(24)20(16(11)23)10-4-2-3-5-10/h6-8,10,21H,2-5H2,1H3,(H,19,22,24)/b11-6+. The molecule has 1 saturated heterocycles. The fraction of sp³-hybridized carbons (Fsp3) is 0.353. The Morgan fingerprint density at radius 3 is 2.60 bits per heavy atom. The fourth-order valence-corrected chi connectivity index (χ4v) is 3.79. The smallest absolute Gasteiger partial charge is 0.331 e. The van der Waals surface area contributed by atoms with Crippen LogP contribution >= 0.6 is 22.6 Å². The van der Waals surface area contributed by atoms with Gasteiger partial charge in [-0.2, -0.15) is 0 Å². The van der Waals surface area contributed by atoms with Gasteiger partial charge in [-0.3, -0.25) is 19.8 Å². The number of nitrogens with zero attached hydrogens (tertiary/aromatic N) is 1. The molecule has 2 fully saturated rings. The first-order chi connectivity index (χ1) is 11.9. The van der Waals surface area contributed by atoms with E-state index in [-0.39, 0.29) is 23.1 Å². The topological polar surface area (TPSA) is 95.9 Å². The maximum Gasteiger partial charge on any atom is 0.331 e. The Morgan fingerprint density at radius 2 is 1.96 bits per heavy atom. The minimum Gasteiger partial charge on any atom is -0.504 e. The zero-order chi connectivity index (χ0) is 18.1. The summed E-state index contributed by atoms with van der Waals surface area (Å²) in [7, 11) is 1.42. The monoisotopic (exact) mass is 456 g/mol. The predicted molar refractivity (Wildman–Crippen MR) is 98.0 cm³/mol. The fourth-order valence-electron chi connectivity index (χ4n) is 3.16. The summed E-state index contributed by atoms with van der Waals surface area (Å²) in [5.74, 6) is -1.06. The number of nitrogens with one attached hydrogen (secondary N) is 1. The van der Waals surface area contributed by atoms with Gasteiger partial charge in [-0.15, -0.1) is 0 Å². The van der Waals surface area contributed by atoms with E-state index >= 15 is 0 Å². The van der Waals surface area contributed by atoms with Crippen LogP contribution in [0.4, 0.5) is 4.79 Å². The summed E-state index contributed by atoms with van der Waals surface area (Å²) in [6, 6.07) is 2.33. The van der Waals surface area contributed by atoms with Gasteiger partial charge < -0.3 is 9.84 Å². The molecule has 1 saturated carbocycles. The Labute approximate surface area is 158 Å². The number of ether oxygens (including phenoxy) is 1. The number of aromatic hydroxyl groups is 1. The number of phenolic OH excluding ortho intramolecular Hbond substituents is 1. The maximum absolute atomic E-state index is 12.7. The van der Waals surface area contributed by atoms with Gasteiger partial charge in [0, 0.05) is 6.04 Å². The van der Waals surface area contributed by atoms with Gasteiger partial charge in [-0.05, 0) is 59.2 Å². The van der Waals surface area contributed by atoms with Gasteiger partial charge in [-0.1, -0.05) is 12.8 Å². The molecule has 0 radical (unpaired) electrons. The molecular weight excluding hydrogens is 439 g/mol. The van der Waals surface area contributed by atoms with Crippen molar-refractivity contribution in [3.8, 4) is 11.5 Å². The van der Waals surface area contributed by atoms with Crippen LogP contribution in [0.1, 0.15) is 31.2 Å². The quantitative estimate of drug-likeness (QED) is 0.414. The van der Waals surface area contributed by atoms with E-state index in [0.717, 1.165) is 30.6 Å². The number of methoxy groups -OCH3 is 1. The van der Waals surface area contributed by atoms with Crippen molar-refractivity contribution in [3.05, 3.63) is 26.8 Å². The SMILES string of the molecule is COc1cc(/C=C2\C(=O)NC(=O)N(C3CCCC3)C2=O)cc(I)c1O. The largest absolute Gasteiger partial charge is 0.504 e. The molecule has 1 aliphatic carbocycles. The molecule has 0 atom stereocenters. The van der Waals surface area contributed by atoms with Crippen LogP contribution in [-0.4, -0.2) is 41.0 Å². The van der Waals surface area contributed by atoms with Crippen molar-refractivity contribution in [2.75, 3.05) is 7.11 Å². The molecular formula is C17H17IN2O5. The second-order valence-electron chi connectivity index (χ2n) is 5.98. The molecule has 1 heterocycles. The lowest BCUT2D eigenvalue weighted by molar-refractivity contribution is -0.131. The van der Waals surface area contributed by atoms with E-state index in [9.17, 15) is 19.5 Å². The number of urea groups is 1. The molecule has 2 aliphatic rings. The summed E-state index contributed by atoms with van der Waals surface area (Å²) in [6.45, 7) is 0. The molecule has 1 aliphatic heterocycles. The van der Waals surface area contributed by atoms with Crippen LogP contribution < -0.4 is 10.1 Å². The van der Waals surface area contributed by atoms with Gasteiger partial charge in [0.2, 0.25) is 0 Å². The average Bonchev–Trinajstić information content (AvgIpc) is 3.08. The summed E-state index contributed by atoms with van der Waals surface area (Å²) in [4.78, 5) is 38.1. The third-order valence-electron chi connectivity index (χ3n) is 4.40. The lowest BCUT2D eigenvalue weighted by atomic mass is 10.0. The van der Waals surface area contributed by atoms with E-state index in [1.807, 2.05) is 22.6 Å². The van der Waals surface area contributed by atoms with Gasteiger partial charge in [0.1, 0.15) is 5.57 Å². The third-order valence-corrected chi connectivity index (χ3v) is 5.23. The van der Waals surface area contributed by atoms with Gasteiger partial charge in [0.25, 0.3) is 11.8 Å². The Balaban J connectivity index is 1.98. The number of imide groups is 2. The lowest BCUT2D eigenvalue weighted by Crippen LogP contribution is -2.57. The molecule has 0 unspecified atom stereocenters. The van der Waals surface area contributed by atoms with Crippen LogP contribution in [-0.2, 0) is 9.59 Å². The second-order valence-corrected chi connectivity index (χ2v) is 7.15. The van der Waals surface area contributed by atoms with E-state index in [0.29, 0.717) is 9.13 Å². The number of halogens is 1. The van der Waals surface area contributed by atoms with Crippen molar-refractivity contribution < 1.29 is 24.2 Å². The Morgan fingerprint density at radius 1 is 1.28 bits per heavy atom. The molecule has 1 aromatic rings. The molecule has 132 valence electrons. The Hall–Kier alpha value is -2.10. The van der Waals surface area contributed by atoms with Crippen LogP contribution in [0.3, 0.4) is 0 Å². The number of amides is 4. The van der Waals surface area contributed by atoms with E-state index in [1.165, 1.54) is 19.3 Å². The van der Waals surface area contributed by atoms with Crippen LogP contribution in [0.25, 0.3) is 6.08 Å². The number of carbonyl (C=O) groups is 3. The summed E-state index contributed by atoms with van der Waals surface area (Å²) < 4.78 is 5.62. The molecule has 0 aromatic heterocycles. The molecule has 8 heteroatoms. The lowest BCUT2D eigenvalue weighted by Gasteiger charge is -2.31. The second kappa shape index (κ2) is 7.03. The number of carbonyl (C=O) groups excluding carboxylic acids is 3. The maximum atomic E-state index is 12.7. The predicted octanol–water partition coefficient (Wildman–Crippen LogP) is 2.41. The highest BCUT2D eigenvalue weighted by Gasteiger charge is 2.40. The number of hydrogen-bond donors (Lipinski definition) is 2. The van der Waals surface area contributed by atoms with Gasteiger partial charge in [0.15, 0.2) is 11.5 Å². The van der Waals surface area contributed by atoms with Crippen molar-refractivity contribution in [1.82, 2.24) is 10.2 Å². The number of rotatable bonds is 3. The Bertz CT molecular complexity index is 783.